The summed E-state index contributed by atoms with van der Waals surface area (Å²) in [7, 11) is -3.55. The third-order valence-electron chi connectivity index (χ3n) is 4.96. The van der Waals surface area contributed by atoms with Gasteiger partial charge in [-0.05, 0) is 6.42 Å². The SMILES string of the molecule is CCCCCCCCCCCCCCCCCCOCC(CO)OS(C)(=O)=O. The van der Waals surface area contributed by atoms with Crippen molar-refractivity contribution in [3.8, 4) is 0 Å². The van der Waals surface area contributed by atoms with Crippen molar-refractivity contribution in [1.29, 1.82) is 0 Å². The summed E-state index contributed by atoms with van der Waals surface area (Å²) in [6.45, 7) is 2.61. The molecule has 1 N–H and O–H groups in total. The molecule has 0 radical (unpaired) electrons. The van der Waals surface area contributed by atoms with Crippen molar-refractivity contribution in [2.24, 2.45) is 0 Å². The van der Waals surface area contributed by atoms with E-state index in [1.807, 2.05) is 0 Å². The normalized spacial score (nSPS) is 13.1. The zero-order valence-corrected chi connectivity index (χ0v) is 19.3. The van der Waals surface area contributed by atoms with Crippen LogP contribution in [0.15, 0.2) is 0 Å². The smallest absolute Gasteiger partial charge is 0.264 e. The number of aliphatic hydroxyl groups is 1. The Morgan fingerprint density at radius 1 is 0.714 bits per heavy atom. The van der Waals surface area contributed by atoms with Crippen LogP contribution in [0.3, 0.4) is 0 Å². The maximum absolute atomic E-state index is 11.0. The van der Waals surface area contributed by atoms with Crippen molar-refractivity contribution in [3.05, 3.63) is 0 Å². The standard InChI is InChI=1S/C22H46O5S/c1-3-4-5-6-7-8-9-10-11-12-13-14-15-16-17-18-19-26-21-22(20-23)27-28(2,24)25/h22-23H,3-21H2,1-2H3. The molecule has 1 unspecified atom stereocenters. The quantitative estimate of drug-likeness (QED) is 0.181. The Bertz CT molecular complexity index is 411. The topological polar surface area (TPSA) is 72.8 Å². The minimum absolute atomic E-state index is 0.113. The first-order valence-corrected chi connectivity index (χ1v) is 13.4. The van der Waals surface area contributed by atoms with Crippen molar-refractivity contribution in [2.75, 3.05) is 26.1 Å². The van der Waals surface area contributed by atoms with E-state index in [2.05, 4.69) is 6.92 Å². The van der Waals surface area contributed by atoms with Crippen LogP contribution in [-0.2, 0) is 19.0 Å². The molecule has 0 heterocycles. The van der Waals surface area contributed by atoms with Gasteiger partial charge in [0.1, 0.15) is 6.10 Å². The van der Waals surface area contributed by atoms with E-state index in [1.54, 1.807) is 0 Å². The van der Waals surface area contributed by atoms with Gasteiger partial charge in [0.15, 0.2) is 0 Å². The van der Waals surface area contributed by atoms with Gasteiger partial charge in [-0.25, -0.2) is 0 Å². The van der Waals surface area contributed by atoms with Gasteiger partial charge in [0.05, 0.1) is 19.5 Å². The van der Waals surface area contributed by atoms with Gasteiger partial charge in [0.2, 0.25) is 0 Å². The first-order valence-electron chi connectivity index (χ1n) is 11.6. The number of rotatable bonds is 22. The molecule has 5 nitrogen and oxygen atoms in total. The molecule has 6 heteroatoms. The molecule has 0 aliphatic rings. The minimum atomic E-state index is -3.55. The summed E-state index contributed by atoms with van der Waals surface area (Å²) in [5.74, 6) is 0. The molecule has 0 aliphatic carbocycles. The van der Waals surface area contributed by atoms with Crippen LogP contribution in [0, 0.1) is 0 Å². The number of aliphatic hydroxyl groups excluding tert-OH is 1. The molecule has 0 rings (SSSR count). The second-order valence-corrected chi connectivity index (χ2v) is 9.58. The van der Waals surface area contributed by atoms with Gasteiger partial charge in [0, 0.05) is 6.61 Å². The van der Waals surface area contributed by atoms with Gasteiger partial charge < -0.3 is 9.84 Å². The first-order chi connectivity index (χ1) is 13.5. The summed E-state index contributed by atoms with van der Waals surface area (Å²) in [4.78, 5) is 0. The van der Waals surface area contributed by atoms with Crippen LogP contribution >= 0.6 is 0 Å². The lowest BCUT2D eigenvalue weighted by atomic mass is 10.0. The molecule has 0 spiro atoms. The Balaban J connectivity index is 3.21. The second kappa shape index (κ2) is 20.1. The molecular formula is C22H46O5S. The van der Waals surface area contributed by atoms with Gasteiger partial charge >= 0.3 is 0 Å². The van der Waals surface area contributed by atoms with Gasteiger partial charge in [-0.15, -0.1) is 0 Å². The van der Waals surface area contributed by atoms with Gasteiger partial charge in [-0.1, -0.05) is 103 Å². The van der Waals surface area contributed by atoms with E-state index in [0.29, 0.717) is 6.61 Å². The van der Waals surface area contributed by atoms with Crippen LogP contribution in [0.4, 0.5) is 0 Å². The highest BCUT2D eigenvalue weighted by molar-refractivity contribution is 7.86. The highest BCUT2D eigenvalue weighted by Crippen LogP contribution is 2.13. The van der Waals surface area contributed by atoms with Crippen molar-refractivity contribution in [1.82, 2.24) is 0 Å². The van der Waals surface area contributed by atoms with Crippen LogP contribution in [0.1, 0.15) is 110 Å². The molecule has 0 aromatic rings. The largest absolute Gasteiger partial charge is 0.394 e. The van der Waals surface area contributed by atoms with Crippen molar-refractivity contribution < 1.29 is 22.4 Å². The molecule has 0 aliphatic heterocycles. The van der Waals surface area contributed by atoms with Gasteiger partial charge in [-0.3, -0.25) is 4.18 Å². The van der Waals surface area contributed by atoms with E-state index in [9.17, 15) is 8.42 Å². The molecule has 0 saturated heterocycles. The molecule has 1 atom stereocenters. The number of hydrogen-bond donors (Lipinski definition) is 1. The Hall–Kier alpha value is -0.170. The first kappa shape index (κ1) is 27.8. The maximum atomic E-state index is 11.0. The summed E-state index contributed by atoms with van der Waals surface area (Å²) in [5.41, 5.74) is 0. The fourth-order valence-corrected chi connectivity index (χ4v) is 3.94. The lowest BCUT2D eigenvalue weighted by molar-refractivity contribution is 0.0225. The molecule has 0 amide bonds. The van der Waals surface area contributed by atoms with Gasteiger partial charge in [-0.2, -0.15) is 8.42 Å². The van der Waals surface area contributed by atoms with Crippen LogP contribution in [-0.4, -0.2) is 45.7 Å². The Kier molecular flexibility index (Phi) is 20.0. The van der Waals surface area contributed by atoms with E-state index in [1.165, 1.54) is 89.9 Å². The predicted molar refractivity (Wildman–Crippen MR) is 117 cm³/mol. The number of ether oxygens (including phenoxy) is 1. The van der Waals surface area contributed by atoms with Crippen LogP contribution in [0.2, 0.25) is 0 Å². The summed E-state index contributed by atoms with van der Waals surface area (Å²) < 4.78 is 32.1. The van der Waals surface area contributed by atoms with Crippen molar-refractivity contribution in [3.63, 3.8) is 0 Å². The van der Waals surface area contributed by atoms with Gasteiger partial charge in [0.25, 0.3) is 10.1 Å². The maximum Gasteiger partial charge on any atom is 0.264 e. The Morgan fingerprint density at radius 3 is 1.46 bits per heavy atom. The number of hydrogen-bond acceptors (Lipinski definition) is 5. The lowest BCUT2D eigenvalue weighted by Gasteiger charge is -2.13. The molecule has 0 bridgehead atoms. The minimum Gasteiger partial charge on any atom is -0.394 e. The van der Waals surface area contributed by atoms with E-state index in [-0.39, 0.29) is 13.2 Å². The zero-order chi connectivity index (χ0) is 20.9. The van der Waals surface area contributed by atoms with Crippen LogP contribution in [0.25, 0.3) is 0 Å². The summed E-state index contributed by atoms with van der Waals surface area (Å²) in [6.07, 6.45) is 21.5. The monoisotopic (exact) mass is 422 g/mol. The lowest BCUT2D eigenvalue weighted by Crippen LogP contribution is -2.26. The average molecular weight is 423 g/mol. The summed E-state index contributed by atoms with van der Waals surface area (Å²) in [6, 6.07) is 0. The average Bonchev–Trinajstić information content (AvgIpc) is 2.65. The van der Waals surface area contributed by atoms with Crippen LogP contribution in [0.5, 0.6) is 0 Å². The Morgan fingerprint density at radius 2 is 1.11 bits per heavy atom. The summed E-state index contributed by atoms with van der Waals surface area (Å²) >= 11 is 0. The molecule has 0 aromatic carbocycles. The van der Waals surface area contributed by atoms with E-state index in [4.69, 9.17) is 14.0 Å². The van der Waals surface area contributed by atoms with E-state index < -0.39 is 16.2 Å². The third-order valence-corrected chi connectivity index (χ3v) is 5.58. The van der Waals surface area contributed by atoms with E-state index >= 15 is 0 Å². The predicted octanol–water partition coefficient (Wildman–Crippen LogP) is 5.60. The fourth-order valence-electron chi connectivity index (χ4n) is 3.33. The highest BCUT2D eigenvalue weighted by atomic mass is 32.2. The molecule has 0 fully saturated rings. The molecule has 0 saturated carbocycles. The fraction of sp³-hybridized carbons (Fsp3) is 1.00. The molecule has 28 heavy (non-hydrogen) atoms. The molecular weight excluding hydrogens is 376 g/mol. The third kappa shape index (κ3) is 22.1. The molecule has 0 aromatic heterocycles. The Labute approximate surface area is 174 Å². The summed E-state index contributed by atoms with van der Waals surface area (Å²) in [5, 5.41) is 9.06. The van der Waals surface area contributed by atoms with E-state index in [0.717, 1.165) is 19.1 Å². The number of unbranched alkanes of at least 4 members (excludes halogenated alkanes) is 15. The molecule has 170 valence electrons. The zero-order valence-electron chi connectivity index (χ0n) is 18.5. The van der Waals surface area contributed by atoms with Crippen LogP contribution < -0.4 is 0 Å². The van der Waals surface area contributed by atoms with Crippen molar-refractivity contribution in [2.45, 2.75) is 116 Å². The highest BCUT2D eigenvalue weighted by Gasteiger charge is 2.14. The second-order valence-electron chi connectivity index (χ2n) is 7.98. The van der Waals surface area contributed by atoms with Crippen molar-refractivity contribution >= 4 is 10.1 Å².